The summed E-state index contributed by atoms with van der Waals surface area (Å²) >= 11 is 5.96. The molecule has 0 saturated heterocycles. The Morgan fingerprint density at radius 2 is 2.00 bits per heavy atom. The quantitative estimate of drug-likeness (QED) is 0.831. The van der Waals surface area contributed by atoms with Crippen LogP contribution in [0.1, 0.15) is 36.7 Å². The van der Waals surface area contributed by atoms with E-state index in [-0.39, 0.29) is 0 Å². The minimum absolute atomic E-state index is 0.422. The Kier molecular flexibility index (Phi) is 4.35. The van der Waals surface area contributed by atoms with Gasteiger partial charge in [0.15, 0.2) is 0 Å². The summed E-state index contributed by atoms with van der Waals surface area (Å²) < 4.78 is 5.10. The molecule has 0 aliphatic heterocycles. The van der Waals surface area contributed by atoms with E-state index in [4.69, 9.17) is 16.3 Å². The predicted octanol–water partition coefficient (Wildman–Crippen LogP) is 3.81. The third kappa shape index (κ3) is 4.04. The monoisotopic (exact) mass is 269 g/mol. The molecule has 0 radical (unpaired) electrons. The highest BCUT2D eigenvalue weighted by Gasteiger charge is 2.16. The first-order valence-corrected chi connectivity index (χ1v) is 5.86. The number of amides is 1. The van der Waals surface area contributed by atoms with E-state index in [0.29, 0.717) is 28.1 Å². The molecule has 1 aromatic carbocycles. The number of hydrogen-bond donors (Lipinski definition) is 1. The van der Waals surface area contributed by atoms with E-state index < -0.39 is 11.7 Å². The van der Waals surface area contributed by atoms with Gasteiger partial charge in [0, 0.05) is 16.3 Å². The average molecular weight is 270 g/mol. The number of ether oxygens (including phenoxy) is 1. The van der Waals surface area contributed by atoms with Crippen LogP contribution in [0.4, 0.5) is 10.5 Å². The van der Waals surface area contributed by atoms with Gasteiger partial charge in [-0.3, -0.25) is 10.1 Å². The van der Waals surface area contributed by atoms with E-state index in [1.54, 1.807) is 39.8 Å². The van der Waals surface area contributed by atoms with Crippen LogP contribution in [0.25, 0.3) is 0 Å². The molecule has 0 aromatic heterocycles. The maximum Gasteiger partial charge on any atom is 0.412 e. The molecule has 1 amide bonds. The summed E-state index contributed by atoms with van der Waals surface area (Å²) in [6, 6.07) is 3.13. The van der Waals surface area contributed by atoms with Crippen molar-refractivity contribution in [2.24, 2.45) is 0 Å². The summed E-state index contributed by atoms with van der Waals surface area (Å²) in [6.07, 6.45) is 0.112. The zero-order valence-corrected chi connectivity index (χ0v) is 11.6. The zero-order valence-electron chi connectivity index (χ0n) is 10.8. The van der Waals surface area contributed by atoms with E-state index >= 15 is 0 Å². The Bertz CT molecular complexity index is 478. The lowest BCUT2D eigenvalue weighted by Crippen LogP contribution is -2.27. The fourth-order valence-corrected chi connectivity index (χ4v) is 1.54. The van der Waals surface area contributed by atoms with E-state index in [1.165, 1.54) is 0 Å². The van der Waals surface area contributed by atoms with Crippen molar-refractivity contribution in [2.75, 3.05) is 5.32 Å². The Morgan fingerprint density at radius 3 is 2.50 bits per heavy atom. The van der Waals surface area contributed by atoms with Crippen molar-refractivity contribution in [1.82, 2.24) is 0 Å². The highest BCUT2D eigenvalue weighted by atomic mass is 35.5. The van der Waals surface area contributed by atoms with Crippen LogP contribution < -0.4 is 5.32 Å². The van der Waals surface area contributed by atoms with Crippen LogP contribution in [0.5, 0.6) is 0 Å². The van der Waals surface area contributed by atoms with Gasteiger partial charge in [0.1, 0.15) is 11.9 Å². The van der Waals surface area contributed by atoms with Crippen molar-refractivity contribution in [3.63, 3.8) is 0 Å². The molecule has 0 aliphatic carbocycles. The lowest BCUT2D eigenvalue weighted by atomic mass is 10.1. The fourth-order valence-electron chi connectivity index (χ4n) is 1.32. The molecule has 0 spiro atoms. The van der Waals surface area contributed by atoms with E-state index in [0.717, 1.165) is 0 Å². The van der Waals surface area contributed by atoms with Crippen molar-refractivity contribution in [1.29, 1.82) is 0 Å². The molecule has 0 heterocycles. The third-order valence-electron chi connectivity index (χ3n) is 2.16. The van der Waals surface area contributed by atoms with Crippen LogP contribution in [-0.4, -0.2) is 18.0 Å². The van der Waals surface area contributed by atoms with Gasteiger partial charge in [-0.1, -0.05) is 11.6 Å². The fraction of sp³-hybridized carbons (Fsp3) is 0.385. The van der Waals surface area contributed by atoms with E-state index in [9.17, 15) is 9.59 Å². The van der Waals surface area contributed by atoms with E-state index in [1.807, 2.05) is 0 Å². The van der Waals surface area contributed by atoms with Gasteiger partial charge >= 0.3 is 6.09 Å². The smallest absolute Gasteiger partial charge is 0.412 e. The predicted molar refractivity (Wildman–Crippen MR) is 71.4 cm³/mol. The molecular formula is C13H16ClNO3. The standard InChI is InChI=1S/C13H16ClNO3/c1-8-9(7-16)5-10(6-11(8)14)15-12(17)18-13(2,3)4/h5-7H,1-4H3,(H,15,17). The summed E-state index contributed by atoms with van der Waals surface area (Å²) in [6.45, 7) is 7.05. The molecule has 0 saturated carbocycles. The van der Waals surface area contributed by atoms with Gasteiger partial charge in [-0.15, -0.1) is 0 Å². The van der Waals surface area contributed by atoms with Crippen LogP contribution in [0.3, 0.4) is 0 Å². The van der Waals surface area contributed by atoms with Gasteiger partial charge in [-0.05, 0) is 45.4 Å². The molecule has 1 rings (SSSR count). The highest BCUT2D eigenvalue weighted by Crippen LogP contribution is 2.24. The summed E-state index contributed by atoms with van der Waals surface area (Å²) in [5.74, 6) is 0. The molecule has 98 valence electrons. The first-order chi connectivity index (χ1) is 8.23. The second kappa shape index (κ2) is 5.40. The van der Waals surface area contributed by atoms with Gasteiger partial charge < -0.3 is 4.74 Å². The van der Waals surface area contributed by atoms with Crippen LogP contribution in [-0.2, 0) is 4.74 Å². The first kappa shape index (κ1) is 14.5. The second-order valence-electron chi connectivity index (χ2n) is 4.92. The maximum absolute atomic E-state index is 11.6. The van der Waals surface area contributed by atoms with Gasteiger partial charge in [0.2, 0.25) is 0 Å². The largest absolute Gasteiger partial charge is 0.444 e. The van der Waals surface area contributed by atoms with Gasteiger partial charge in [-0.25, -0.2) is 4.79 Å². The molecule has 0 bridgehead atoms. The van der Waals surface area contributed by atoms with Crippen molar-refractivity contribution >= 4 is 29.7 Å². The summed E-state index contributed by atoms with van der Waals surface area (Å²) in [7, 11) is 0. The summed E-state index contributed by atoms with van der Waals surface area (Å²) in [5.41, 5.74) is 0.975. The minimum atomic E-state index is -0.584. The normalized spacial score (nSPS) is 10.9. The second-order valence-corrected chi connectivity index (χ2v) is 5.32. The molecule has 0 aliphatic rings. The van der Waals surface area contributed by atoms with Crippen LogP contribution in [0, 0.1) is 6.92 Å². The van der Waals surface area contributed by atoms with Crippen molar-refractivity contribution < 1.29 is 14.3 Å². The zero-order chi connectivity index (χ0) is 13.9. The lowest BCUT2D eigenvalue weighted by molar-refractivity contribution is 0.0635. The number of rotatable bonds is 2. The molecule has 0 fully saturated rings. The number of benzene rings is 1. The van der Waals surface area contributed by atoms with Crippen LogP contribution >= 0.6 is 11.6 Å². The van der Waals surface area contributed by atoms with Crippen LogP contribution in [0.15, 0.2) is 12.1 Å². The average Bonchev–Trinajstić information content (AvgIpc) is 2.20. The molecule has 1 aromatic rings. The molecule has 4 nitrogen and oxygen atoms in total. The topological polar surface area (TPSA) is 55.4 Å². The number of carbonyl (C=O) groups is 2. The Labute approximate surface area is 111 Å². The van der Waals surface area contributed by atoms with Gasteiger partial charge in [0.25, 0.3) is 0 Å². The molecule has 0 unspecified atom stereocenters. The van der Waals surface area contributed by atoms with Gasteiger partial charge in [-0.2, -0.15) is 0 Å². The third-order valence-corrected chi connectivity index (χ3v) is 2.55. The molecule has 5 heteroatoms. The van der Waals surface area contributed by atoms with Crippen molar-refractivity contribution in [3.8, 4) is 0 Å². The maximum atomic E-state index is 11.6. The summed E-state index contributed by atoms with van der Waals surface area (Å²) in [5, 5.41) is 2.96. The van der Waals surface area contributed by atoms with E-state index in [2.05, 4.69) is 5.32 Å². The SMILES string of the molecule is Cc1c(Cl)cc(NC(=O)OC(C)(C)C)cc1C=O. The Morgan fingerprint density at radius 1 is 1.39 bits per heavy atom. The molecule has 0 atom stereocenters. The summed E-state index contributed by atoms with van der Waals surface area (Å²) in [4.78, 5) is 22.4. The molecular weight excluding hydrogens is 254 g/mol. The number of carbonyl (C=O) groups excluding carboxylic acids is 2. The number of hydrogen-bond acceptors (Lipinski definition) is 3. The molecule has 18 heavy (non-hydrogen) atoms. The Hall–Kier alpha value is -1.55. The minimum Gasteiger partial charge on any atom is -0.444 e. The number of anilines is 1. The highest BCUT2D eigenvalue weighted by molar-refractivity contribution is 6.32. The van der Waals surface area contributed by atoms with Gasteiger partial charge in [0.05, 0.1) is 0 Å². The molecule has 1 N–H and O–H groups in total. The lowest BCUT2D eigenvalue weighted by Gasteiger charge is -2.20. The van der Waals surface area contributed by atoms with Crippen molar-refractivity contribution in [3.05, 3.63) is 28.3 Å². The number of nitrogens with one attached hydrogen (secondary N) is 1. The first-order valence-electron chi connectivity index (χ1n) is 5.48. The van der Waals surface area contributed by atoms with Crippen LogP contribution in [0.2, 0.25) is 5.02 Å². The Balaban J connectivity index is 2.89. The van der Waals surface area contributed by atoms with Crippen molar-refractivity contribution in [2.45, 2.75) is 33.3 Å². The number of halogens is 1. The number of aldehydes is 1.